The second kappa shape index (κ2) is 7.07. The van der Waals surface area contributed by atoms with Gasteiger partial charge in [-0.3, -0.25) is 14.9 Å². The van der Waals surface area contributed by atoms with E-state index < -0.39 is 5.66 Å². The van der Waals surface area contributed by atoms with Gasteiger partial charge in [-0.2, -0.15) is 0 Å². The fourth-order valence-electron chi connectivity index (χ4n) is 6.54. The normalized spacial score (nSPS) is 30.1. The molecule has 2 bridgehead atoms. The number of carbonyl (C=O) groups is 2. The van der Waals surface area contributed by atoms with Crippen LogP contribution in [0.5, 0.6) is 0 Å². The number of nitrogens with one attached hydrogen (secondary N) is 3. The number of para-hydroxylation sites is 3. The predicted molar refractivity (Wildman–Crippen MR) is 128 cm³/mol. The Labute approximate surface area is 193 Å². The summed E-state index contributed by atoms with van der Waals surface area (Å²) < 4.78 is 2.05. The monoisotopic (exact) mass is 443 g/mol. The summed E-state index contributed by atoms with van der Waals surface area (Å²) in [7, 11) is 0. The Balaban J connectivity index is 1.28. The lowest BCUT2D eigenvalue weighted by atomic mass is 9.51. The smallest absolute Gasteiger partial charge is 0.255 e. The van der Waals surface area contributed by atoms with Gasteiger partial charge in [-0.05, 0) is 62.3 Å². The summed E-state index contributed by atoms with van der Waals surface area (Å²) >= 11 is 0. The third-order valence-corrected chi connectivity index (χ3v) is 8.19. The standard InChI is InChI=1S/C26H29N5O2/c1-3-31-21-11-7-6-10-20(21)27-24(31)28-23(33)18-14-16-12-13-25(18,2)15-26(16)29-19-9-5-4-8-17(19)22(32)30-26/h4-11,16,18,29H,3,12-15H2,1-2H3,(H,30,32)(H,27,28,33)/t16-,18+,25+,26-/m0/s1. The number of fused-ring (bicyclic) bond motifs is 4. The predicted octanol–water partition coefficient (Wildman–Crippen LogP) is 4.37. The third-order valence-electron chi connectivity index (χ3n) is 8.19. The molecule has 3 saturated carbocycles. The number of amides is 2. The number of imidazole rings is 1. The van der Waals surface area contributed by atoms with E-state index >= 15 is 0 Å². The van der Waals surface area contributed by atoms with Gasteiger partial charge in [0.15, 0.2) is 0 Å². The molecule has 7 rings (SSSR count). The molecule has 4 aliphatic rings. The lowest BCUT2D eigenvalue weighted by Crippen LogP contribution is -2.70. The van der Waals surface area contributed by atoms with E-state index in [0.717, 1.165) is 48.9 Å². The molecule has 2 heterocycles. The number of nitrogens with zero attached hydrogens (tertiary/aromatic N) is 2. The van der Waals surface area contributed by atoms with E-state index in [9.17, 15) is 9.59 Å². The quantitative estimate of drug-likeness (QED) is 0.561. The highest BCUT2D eigenvalue weighted by atomic mass is 16.2. The maximum Gasteiger partial charge on any atom is 0.255 e. The fourth-order valence-corrected chi connectivity index (χ4v) is 6.54. The van der Waals surface area contributed by atoms with Crippen molar-refractivity contribution in [3.63, 3.8) is 0 Å². The molecule has 3 aromatic rings. The summed E-state index contributed by atoms with van der Waals surface area (Å²) in [6.07, 6.45) is 3.43. The minimum absolute atomic E-state index is 0.0295. The van der Waals surface area contributed by atoms with E-state index in [1.807, 2.05) is 48.5 Å². The van der Waals surface area contributed by atoms with E-state index in [-0.39, 0.29) is 29.1 Å². The first kappa shape index (κ1) is 20.3. The molecule has 4 atom stereocenters. The molecule has 0 radical (unpaired) electrons. The van der Waals surface area contributed by atoms with E-state index in [2.05, 4.69) is 39.3 Å². The number of aromatic nitrogens is 2. The van der Waals surface area contributed by atoms with Gasteiger partial charge in [0.05, 0.1) is 16.6 Å². The van der Waals surface area contributed by atoms with Crippen LogP contribution in [-0.4, -0.2) is 27.0 Å². The zero-order valence-electron chi connectivity index (χ0n) is 19.0. The van der Waals surface area contributed by atoms with Crippen LogP contribution in [0.25, 0.3) is 11.0 Å². The minimum atomic E-state index is -0.494. The number of carbonyl (C=O) groups excluding carboxylic acids is 2. The second-order valence-corrected chi connectivity index (χ2v) is 10.1. The molecule has 2 aromatic carbocycles. The van der Waals surface area contributed by atoms with Crippen LogP contribution in [0, 0.1) is 17.3 Å². The van der Waals surface area contributed by atoms with Crippen molar-refractivity contribution in [2.75, 3.05) is 10.6 Å². The largest absolute Gasteiger partial charge is 0.362 e. The summed E-state index contributed by atoms with van der Waals surface area (Å²) in [6, 6.07) is 15.6. The molecular weight excluding hydrogens is 414 g/mol. The molecule has 0 saturated heterocycles. The molecule has 1 aromatic heterocycles. The number of hydrogen-bond donors (Lipinski definition) is 3. The average molecular weight is 444 g/mol. The molecule has 2 amide bonds. The first-order valence-corrected chi connectivity index (χ1v) is 11.9. The van der Waals surface area contributed by atoms with Crippen molar-refractivity contribution in [3.8, 4) is 0 Å². The Hall–Kier alpha value is -3.35. The van der Waals surface area contributed by atoms with Crippen molar-refractivity contribution in [3.05, 3.63) is 54.1 Å². The van der Waals surface area contributed by atoms with Crippen molar-refractivity contribution in [1.29, 1.82) is 0 Å². The van der Waals surface area contributed by atoms with Crippen LogP contribution in [0.3, 0.4) is 0 Å². The number of rotatable bonds is 3. The molecule has 1 aliphatic heterocycles. The lowest BCUT2D eigenvalue weighted by molar-refractivity contribution is -0.134. The highest BCUT2D eigenvalue weighted by Gasteiger charge is 2.60. The number of anilines is 2. The van der Waals surface area contributed by atoms with Crippen LogP contribution in [0.2, 0.25) is 0 Å². The number of benzene rings is 2. The van der Waals surface area contributed by atoms with Crippen molar-refractivity contribution in [2.24, 2.45) is 17.3 Å². The molecule has 3 N–H and O–H groups in total. The fraction of sp³-hybridized carbons (Fsp3) is 0.423. The van der Waals surface area contributed by atoms with Gasteiger partial charge < -0.3 is 15.2 Å². The number of hydrogen-bond acceptors (Lipinski definition) is 4. The second-order valence-electron chi connectivity index (χ2n) is 10.1. The zero-order valence-corrected chi connectivity index (χ0v) is 19.0. The van der Waals surface area contributed by atoms with Gasteiger partial charge in [0.1, 0.15) is 5.66 Å². The Morgan fingerprint density at radius 1 is 1.18 bits per heavy atom. The molecule has 0 unspecified atom stereocenters. The Morgan fingerprint density at radius 2 is 1.97 bits per heavy atom. The maximum atomic E-state index is 13.6. The van der Waals surface area contributed by atoms with E-state index in [1.165, 1.54) is 0 Å². The topological polar surface area (TPSA) is 88.0 Å². The van der Waals surface area contributed by atoms with Gasteiger partial charge in [-0.1, -0.05) is 31.2 Å². The summed E-state index contributed by atoms with van der Waals surface area (Å²) in [5.74, 6) is 0.685. The third kappa shape index (κ3) is 2.98. The van der Waals surface area contributed by atoms with Crippen molar-refractivity contribution >= 4 is 34.5 Å². The van der Waals surface area contributed by atoms with E-state index in [1.54, 1.807) is 0 Å². The van der Waals surface area contributed by atoms with Crippen LogP contribution in [0.4, 0.5) is 11.6 Å². The van der Waals surface area contributed by atoms with Crippen molar-refractivity contribution in [2.45, 2.75) is 51.7 Å². The molecule has 1 spiro atoms. The highest BCUT2D eigenvalue weighted by Crippen LogP contribution is 2.58. The van der Waals surface area contributed by atoms with Crippen LogP contribution in [0.15, 0.2) is 48.5 Å². The zero-order chi connectivity index (χ0) is 22.8. The number of aryl methyl sites for hydroxylation is 1. The van der Waals surface area contributed by atoms with Gasteiger partial charge in [-0.15, -0.1) is 0 Å². The van der Waals surface area contributed by atoms with Gasteiger partial charge >= 0.3 is 0 Å². The molecule has 3 aliphatic carbocycles. The van der Waals surface area contributed by atoms with Crippen molar-refractivity contribution in [1.82, 2.24) is 14.9 Å². The molecule has 7 nitrogen and oxygen atoms in total. The maximum absolute atomic E-state index is 13.6. The van der Waals surface area contributed by atoms with Gasteiger partial charge in [-0.25, -0.2) is 4.98 Å². The summed E-state index contributed by atoms with van der Waals surface area (Å²) in [5, 5.41) is 10.1. The van der Waals surface area contributed by atoms with Crippen LogP contribution < -0.4 is 16.0 Å². The first-order valence-electron chi connectivity index (χ1n) is 11.9. The summed E-state index contributed by atoms with van der Waals surface area (Å²) in [6.45, 7) is 5.00. The van der Waals surface area contributed by atoms with Crippen LogP contribution in [0.1, 0.15) is 49.9 Å². The van der Waals surface area contributed by atoms with Gasteiger partial charge in [0.2, 0.25) is 11.9 Å². The minimum Gasteiger partial charge on any atom is -0.362 e. The SMILES string of the molecule is CCn1c(NC(=O)[C@H]2C[C@@H]3CC[C@]2(C)C[C@]32NC(=O)c3ccccc3N2)nc2ccccc21. The van der Waals surface area contributed by atoms with E-state index in [4.69, 9.17) is 0 Å². The first-order chi connectivity index (χ1) is 15.9. The lowest BCUT2D eigenvalue weighted by Gasteiger charge is -2.60. The van der Waals surface area contributed by atoms with Crippen LogP contribution >= 0.6 is 0 Å². The highest BCUT2D eigenvalue weighted by molar-refractivity contribution is 6.02. The van der Waals surface area contributed by atoms with Crippen LogP contribution in [-0.2, 0) is 11.3 Å². The molecule has 7 heteroatoms. The molecular formula is C26H29N5O2. The molecule has 33 heavy (non-hydrogen) atoms. The van der Waals surface area contributed by atoms with E-state index in [0.29, 0.717) is 11.5 Å². The molecule has 170 valence electrons. The summed E-state index contributed by atoms with van der Waals surface area (Å²) in [5.41, 5.74) is 2.77. The Kier molecular flexibility index (Phi) is 4.34. The van der Waals surface area contributed by atoms with Gasteiger partial charge in [0, 0.05) is 24.1 Å². The summed E-state index contributed by atoms with van der Waals surface area (Å²) in [4.78, 5) is 31.2. The van der Waals surface area contributed by atoms with Crippen molar-refractivity contribution < 1.29 is 9.59 Å². The average Bonchev–Trinajstić information content (AvgIpc) is 3.15. The molecule has 3 fully saturated rings. The van der Waals surface area contributed by atoms with Gasteiger partial charge in [0.25, 0.3) is 5.91 Å². The Bertz CT molecular complexity index is 1280. The Morgan fingerprint density at radius 3 is 2.79 bits per heavy atom.